The van der Waals surface area contributed by atoms with Crippen molar-refractivity contribution < 1.29 is 0 Å². The van der Waals surface area contributed by atoms with Crippen molar-refractivity contribution in [3.05, 3.63) is 48.9 Å². The smallest absolute Gasteiger partial charge is 0.197 e. The molecular formula is C11H12N4. The lowest BCUT2D eigenvalue weighted by Crippen LogP contribution is -1.83. The van der Waals surface area contributed by atoms with Crippen molar-refractivity contribution in [2.45, 2.75) is 0 Å². The Bertz CT molecular complexity index is 480. The number of anilines is 1. The number of hydrogen-bond donors (Lipinski definition) is 3. The molecule has 0 atom stereocenters. The third kappa shape index (κ3) is 2.37. The van der Waals surface area contributed by atoms with Gasteiger partial charge in [-0.1, -0.05) is 18.2 Å². The van der Waals surface area contributed by atoms with Crippen LogP contribution in [-0.4, -0.2) is 15.0 Å². The normalized spacial score (nSPS) is 9.60. The number of aromatic amines is 2. The summed E-state index contributed by atoms with van der Waals surface area (Å²) in [7, 11) is 0. The summed E-state index contributed by atoms with van der Waals surface area (Å²) in [6.45, 7) is 0. The van der Waals surface area contributed by atoms with Crippen molar-refractivity contribution >= 4 is 16.9 Å². The van der Waals surface area contributed by atoms with Crippen LogP contribution in [0.5, 0.6) is 0 Å². The molecule has 0 fully saturated rings. The third-order valence-electron chi connectivity index (χ3n) is 1.98. The van der Waals surface area contributed by atoms with Gasteiger partial charge in [-0.05, 0) is 17.5 Å². The van der Waals surface area contributed by atoms with E-state index < -0.39 is 0 Å². The van der Waals surface area contributed by atoms with E-state index in [1.165, 1.54) is 10.9 Å². The predicted molar refractivity (Wildman–Crippen MR) is 61.3 cm³/mol. The van der Waals surface area contributed by atoms with Crippen LogP contribution in [0.4, 0.5) is 5.95 Å². The van der Waals surface area contributed by atoms with Gasteiger partial charge in [-0.2, -0.15) is 0 Å². The minimum absolute atomic E-state index is 0.468. The quantitative estimate of drug-likeness (QED) is 0.520. The molecule has 0 saturated heterocycles. The summed E-state index contributed by atoms with van der Waals surface area (Å²) in [6.07, 6.45) is 5.23. The van der Waals surface area contributed by atoms with Crippen molar-refractivity contribution in [1.29, 1.82) is 0 Å². The fraction of sp³-hybridized carbons (Fsp3) is 0. The number of benzene rings is 1. The van der Waals surface area contributed by atoms with Crippen LogP contribution in [-0.2, 0) is 0 Å². The van der Waals surface area contributed by atoms with Gasteiger partial charge in [-0.3, -0.25) is 0 Å². The first-order valence-electron chi connectivity index (χ1n) is 4.63. The highest BCUT2D eigenvalue weighted by Crippen LogP contribution is 2.09. The van der Waals surface area contributed by atoms with E-state index in [1.807, 2.05) is 18.3 Å². The van der Waals surface area contributed by atoms with E-state index in [9.17, 15) is 0 Å². The Kier molecular flexibility index (Phi) is 2.69. The summed E-state index contributed by atoms with van der Waals surface area (Å²) >= 11 is 0. The van der Waals surface area contributed by atoms with E-state index in [-0.39, 0.29) is 0 Å². The monoisotopic (exact) mass is 200 g/mol. The number of fused-ring (bicyclic) bond motifs is 1. The molecule has 3 rings (SSSR count). The number of nitrogens with one attached hydrogen (secondary N) is 2. The van der Waals surface area contributed by atoms with Gasteiger partial charge in [0.2, 0.25) is 0 Å². The maximum atomic E-state index is 5.11. The molecule has 0 spiro atoms. The molecule has 0 unspecified atom stereocenters. The van der Waals surface area contributed by atoms with Gasteiger partial charge in [0.15, 0.2) is 5.95 Å². The highest BCUT2D eigenvalue weighted by molar-refractivity contribution is 5.78. The summed E-state index contributed by atoms with van der Waals surface area (Å²) in [6, 6.07) is 10.3. The number of nitrogen functional groups attached to an aromatic ring is 1. The first-order valence-corrected chi connectivity index (χ1v) is 4.63. The maximum absolute atomic E-state index is 5.11. The van der Waals surface area contributed by atoms with Gasteiger partial charge in [0.25, 0.3) is 0 Å². The van der Waals surface area contributed by atoms with Gasteiger partial charge in [0, 0.05) is 24.1 Å². The molecule has 0 aliphatic rings. The number of rotatable bonds is 0. The van der Waals surface area contributed by atoms with Crippen LogP contribution in [0.25, 0.3) is 10.9 Å². The van der Waals surface area contributed by atoms with Crippen LogP contribution < -0.4 is 5.73 Å². The zero-order valence-electron chi connectivity index (χ0n) is 8.14. The van der Waals surface area contributed by atoms with E-state index >= 15 is 0 Å². The molecule has 4 heteroatoms. The Hall–Kier alpha value is -2.23. The molecule has 0 amide bonds. The molecule has 0 bridgehead atoms. The number of nitrogens with two attached hydrogens (primary N) is 1. The van der Waals surface area contributed by atoms with Gasteiger partial charge in [-0.15, -0.1) is 0 Å². The van der Waals surface area contributed by atoms with Gasteiger partial charge in [0.1, 0.15) is 0 Å². The van der Waals surface area contributed by atoms with Crippen molar-refractivity contribution in [3.63, 3.8) is 0 Å². The number of nitrogens with zero attached hydrogens (tertiary/aromatic N) is 1. The first kappa shape index (κ1) is 9.33. The third-order valence-corrected chi connectivity index (χ3v) is 1.98. The predicted octanol–water partition coefficient (Wildman–Crippen LogP) is 2.16. The lowest BCUT2D eigenvalue weighted by molar-refractivity contribution is 1.33. The second-order valence-electron chi connectivity index (χ2n) is 3.04. The molecule has 4 N–H and O–H groups in total. The summed E-state index contributed by atoms with van der Waals surface area (Å²) in [5.41, 5.74) is 6.32. The van der Waals surface area contributed by atoms with Crippen LogP contribution in [0.3, 0.4) is 0 Å². The lowest BCUT2D eigenvalue weighted by atomic mass is 10.3. The van der Waals surface area contributed by atoms with Crippen molar-refractivity contribution in [3.8, 4) is 0 Å². The van der Waals surface area contributed by atoms with E-state index in [1.54, 1.807) is 12.4 Å². The van der Waals surface area contributed by atoms with E-state index in [2.05, 4.69) is 33.2 Å². The zero-order chi connectivity index (χ0) is 10.5. The Balaban J connectivity index is 0.000000124. The average molecular weight is 200 g/mol. The molecule has 4 nitrogen and oxygen atoms in total. The van der Waals surface area contributed by atoms with E-state index in [4.69, 9.17) is 5.73 Å². The molecule has 1 aromatic carbocycles. The number of H-pyrrole nitrogens is 2. The van der Waals surface area contributed by atoms with Gasteiger partial charge >= 0.3 is 0 Å². The zero-order valence-corrected chi connectivity index (χ0v) is 8.14. The summed E-state index contributed by atoms with van der Waals surface area (Å²) in [4.78, 5) is 9.43. The maximum Gasteiger partial charge on any atom is 0.197 e. The highest BCUT2D eigenvalue weighted by atomic mass is 15.0. The van der Waals surface area contributed by atoms with E-state index in [0.717, 1.165) is 0 Å². The topological polar surface area (TPSA) is 70.5 Å². The fourth-order valence-electron chi connectivity index (χ4n) is 1.27. The minimum atomic E-state index is 0.468. The Morgan fingerprint density at radius 1 is 1.00 bits per heavy atom. The molecule has 0 radical (unpaired) electrons. The SMILES string of the molecule is Nc1ncc[nH]1.c1ccc2[nH]ccc2c1. The van der Waals surface area contributed by atoms with Crippen molar-refractivity contribution in [1.82, 2.24) is 15.0 Å². The number of para-hydroxylation sites is 1. The van der Waals surface area contributed by atoms with Crippen molar-refractivity contribution in [2.24, 2.45) is 0 Å². The second kappa shape index (κ2) is 4.32. The minimum Gasteiger partial charge on any atom is -0.369 e. The molecular weight excluding hydrogens is 188 g/mol. The summed E-state index contributed by atoms with van der Waals surface area (Å²) in [5.74, 6) is 0.468. The Morgan fingerprint density at radius 3 is 2.47 bits per heavy atom. The van der Waals surface area contributed by atoms with Gasteiger partial charge in [0.05, 0.1) is 0 Å². The number of imidazole rings is 1. The average Bonchev–Trinajstić information content (AvgIpc) is 2.88. The van der Waals surface area contributed by atoms with Gasteiger partial charge < -0.3 is 15.7 Å². The number of aromatic nitrogens is 3. The molecule has 15 heavy (non-hydrogen) atoms. The second-order valence-corrected chi connectivity index (χ2v) is 3.04. The molecule has 2 heterocycles. The molecule has 0 aliphatic heterocycles. The number of hydrogen-bond acceptors (Lipinski definition) is 2. The summed E-state index contributed by atoms with van der Waals surface area (Å²) < 4.78 is 0. The fourth-order valence-corrected chi connectivity index (χ4v) is 1.27. The van der Waals surface area contributed by atoms with Crippen LogP contribution in [0.1, 0.15) is 0 Å². The van der Waals surface area contributed by atoms with Crippen molar-refractivity contribution in [2.75, 3.05) is 5.73 Å². The van der Waals surface area contributed by atoms with Gasteiger partial charge in [-0.25, -0.2) is 4.98 Å². The Labute approximate surface area is 87.2 Å². The van der Waals surface area contributed by atoms with Crippen LogP contribution in [0.2, 0.25) is 0 Å². The first-order chi connectivity index (χ1) is 7.36. The summed E-state index contributed by atoms with van der Waals surface area (Å²) in [5, 5.41) is 1.28. The lowest BCUT2D eigenvalue weighted by Gasteiger charge is -1.83. The molecule has 3 aromatic rings. The van der Waals surface area contributed by atoms with Crippen LogP contribution >= 0.6 is 0 Å². The molecule has 0 saturated carbocycles. The standard InChI is InChI=1S/C8H7N.C3H5N3/c1-2-4-8-7(3-1)5-6-9-8;4-3-5-1-2-6-3/h1-6,9H;1-2H,(H3,4,5,6). The molecule has 2 aromatic heterocycles. The van der Waals surface area contributed by atoms with Crippen LogP contribution in [0.15, 0.2) is 48.9 Å². The Morgan fingerprint density at radius 2 is 1.87 bits per heavy atom. The van der Waals surface area contributed by atoms with Crippen LogP contribution in [0, 0.1) is 0 Å². The molecule has 0 aliphatic carbocycles. The molecule has 76 valence electrons. The largest absolute Gasteiger partial charge is 0.369 e. The van der Waals surface area contributed by atoms with E-state index in [0.29, 0.717) is 5.95 Å². The highest BCUT2D eigenvalue weighted by Gasteiger charge is 1.86.